The van der Waals surface area contributed by atoms with Gasteiger partial charge < -0.3 is 15.0 Å². The Morgan fingerprint density at radius 3 is 2.44 bits per heavy atom. The number of unbranched alkanes of at least 4 members (excludes halogenated alkanes) is 2. The first-order chi connectivity index (χ1) is 13.0. The van der Waals surface area contributed by atoms with Crippen molar-refractivity contribution in [2.24, 2.45) is 5.73 Å². The van der Waals surface area contributed by atoms with Gasteiger partial charge in [-0.1, -0.05) is 43.5 Å². The SMILES string of the molecule is CCCCCc1c(-c2ccc(Cl)cc2)c(C(N)=O)c(C)n1CCCOCC. The van der Waals surface area contributed by atoms with Crippen LogP contribution in [0, 0.1) is 6.92 Å². The molecule has 0 saturated heterocycles. The lowest BCUT2D eigenvalue weighted by Crippen LogP contribution is -2.13. The first-order valence-corrected chi connectivity index (χ1v) is 10.2. The molecule has 1 aromatic heterocycles. The van der Waals surface area contributed by atoms with Crippen molar-refractivity contribution in [3.63, 3.8) is 0 Å². The largest absolute Gasteiger partial charge is 0.382 e. The number of carbonyl (C=O) groups excluding carboxylic acids is 1. The summed E-state index contributed by atoms with van der Waals surface area (Å²) in [6.07, 6.45) is 5.24. The van der Waals surface area contributed by atoms with Crippen LogP contribution >= 0.6 is 11.6 Å². The molecule has 5 heteroatoms. The van der Waals surface area contributed by atoms with Crippen LogP contribution in [0.4, 0.5) is 0 Å². The fourth-order valence-electron chi connectivity index (χ4n) is 3.60. The average Bonchev–Trinajstić information content (AvgIpc) is 2.92. The molecule has 0 aliphatic rings. The summed E-state index contributed by atoms with van der Waals surface area (Å²) in [5.41, 5.74) is 10.5. The van der Waals surface area contributed by atoms with Gasteiger partial charge in [0.15, 0.2) is 0 Å². The maximum absolute atomic E-state index is 12.3. The number of aromatic nitrogens is 1. The predicted octanol–water partition coefficient (Wildman–Crippen LogP) is 5.38. The zero-order chi connectivity index (χ0) is 19.8. The summed E-state index contributed by atoms with van der Waals surface area (Å²) in [4.78, 5) is 12.3. The lowest BCUT2D eigenvalue weighted by atomic mass is 9.97. The fourth-order valence-corrected chi connectivity index (χ4v) is 3.73. The van der Waals surface area contributed by atoms with E-state index in [1.807, 2.05) is 38.1 Å². The van der Waals surface area contributed by atoms with Crippen LogP contribution in [0.2, 0.25) is 5.02 Å². The van der Waals surface area contributed by atoms with Crippen molar-refractivity contribution >= 4 is 17.5 Å². The molecule has 0 aliphatic carbocycles. The average molecular weight is 391 g/mol. The third-order valence-electron chi connectivity index (χ3n) is 4.90. The van der Waals surface area contributed by atoms with Crippen LogP contribution < -0.4 is 5.73 Å². The molecule has 27 heavy (non-hydrogen) atoms. The number of benzene rings is 1. The van der Waals surface area contributed by atoms with Gasteiger partial charge in [-0.05, 0) is 50.8 Å². The third kappa shape index (κ3) is 5.36. The van der Waals surface area contributed by atoms with E-state index in [4.69, 9.17) is 22.1 Å². The van der Waals surface area contributed by atoms with E-state index in [0.29, 0.717) is 17.2 Å². The van der Waals surface area contributed by atoms with E-state index in [-0.39, 0.29) is 5.91 Å². The molecule has 148 valence electrons. The molecule has 0 atom stereocenters. The van der Waals surface area contributed by atoms with Gasteiger partial charge in [-0.15, -0.1) is 0 Å². The molecule has 0 bridgehead atoms. The molecule has 2 rings (SSSR count). The van der Waals surface area contributed by atoms with Crippen LogP contribution in [-0.4, -0.2) is 23.7 Å². The summed E-state index contributed by atoms with van der Waals surface area (Å²) < 4.78 is 7.76. The number of primary amides is 1. The molecule has 0 radical (unpaired) electrons. The lowest BCUT2D eigenvalue weighted by Gasteiger charge is -2.13. The number of nitrogens with two attached hydrogens (primary N) is 1. The summed E-state index contributed by atoms with van der Waals surface area (Å²) in [5, 5.41) is 0.680. The van der Waals surface area contributed by atoms with Gasteiger partial charge in [0, 0.05) is 41.7 Å². The molecule has 0 spiro atoms. The highest BCUT2D eigenvalue weighted by molar-refractivity contribution is 6.30. The molecule has 0 unspecified atom stereocenters. The molecule has 2 aromatic rings. The minimum absolute atomic E-state index is 0.377. The van der Waals surface area contributed by atoms with Crippen molar-refractivity contribution in [3.05, 3.63) is 46.2 Å². The number of carbonyl (C=O) groups is 1. The first-order valence-electron chi connectivity index (χ1n) is 9.86. The normalized spacial score (nSPS) is 11.1. The molecule has 1 amide bonds. The van der Waals surface area contributed by atoms with Gasteiger partial charge >= 0.3 is 0 Å². The Labute approximate surface area is 167 Å². The Morgan fingerprint density at radius 2 is 1.85 bits per heavy atom. The Morgan fingerprint density at radius 1 is 1.15 bits per heavy atom. The van der Waals surface area contributed by atoms with E-state index in [1.165, 1.54) is 5.69 Å². The van der Waals surface area contributed by atoms with Gasteiger partial charge in [0.2, 0.25) is 0 Å². The van der Waals surface area contributed by atoms with Crippen LogP contribution in [0.25, 0.3) is 11.1 Å². The number of nitrogens with zero attached hydrogens (tertiary/aromatic N) is 1. The highest BCUT2D eigenvalue weighted by Crippen LogP contribution is 2.34. The van der Waals surface area contributed by atoms with Crippen LogP contribution in [0.5, 0.6) is 0 Å². The van der Waals surface area contributed by atoms with E-state index < -0.39 is 0 Å². The second-order valence-corrected chi connectivity index (χ2v) is 7.25. The third-order valence-corrected chi connectivity index (χ3v) is 5.15. The van der Waals surface area contributed by atoms with Crippen LogP contribution in [0.3, 0.4) is 0 Å². The Kier molecular flexibility index (Phi) is 8.39. The molecule has 0 fully saturated rings. The number of halogens is 1. The van der Waals surface area contributed by atoms with Gasteiger partial charge in [0.25, 0.3) is 5.91 Å². The van der Waals surface area contributed by atoms with Gasteiger partial charge in [-0.25, -0.2) is 0 Å². The van der Waals surface area contributed by atoms with Gasteiger partial charge in [-0.2, -0.15) is 0 Å². The van der Waals surface area contributed by atoms with Crippen LogP contribution in [0.1, 0.15) is 61.3 Å². The number of amides is 1. The minimum atomic E-state index is -0.377. The number of rotatable bonds is 11. The molecule has 0 saturated carbocycles. The van der Waals surface area contributed by atoms with Crippen molar-refractivity contribution in [2.45, 2.75) is 59.4 Å². The van der Waals surface area contributed by atoms with Crippen LogP contribution in [-0.2, 0) is 17.7 Å². The highest BCUT2D eigenvalue weighted by Gasteiger charge is 2.24. The van der Waals surface area contributed by atoms with Crippen molar-refractivity contribution in [1.29, 1.82) is 0 Å². The summed E-state index contributed by atoms with van der Waals surface area (Å²) in [7, 11) is 0. The summed E-state index contributed by atoms with van der Waals surface area (Å²) in [5.74, 6) is -0.377. The quantitative estimate of drug-likeness (QED) is 0.524. The Balaban J connectivity index is 2.52. The summed E-state index contributed by atoms with van der Waals surface area (Å²) in [6.45, 7) is 8.44. The number of hydrogen-bond acceptors (Lipinski definition) is 2. The van der Waals surface area contributed by atoms with Gasteiger partial charge in [0.1, 0.15) is 0 Å². The van der Waals surface area contributed by atoms with Crippen molar-refractivity contribution in [1.82, 2.24) is 4.57 Å². The molecule has 1 aromatic carbocycles. The Bertz CT molecular complexity index is 751. The maximum Gasteiger partial charge on any atom is 0.251 e. The smallest absolute Gasteiger partial charge is 0.251 e. The van der Waals surface area contributed by atoms with E-state index >= 15 is 0 Å². The van der Waals surface area contributed by atoms with Gasteiger partial charge in [-0.3, -0.25) is 4.79 Å². The monoisotopic (exact) mass is 390 g/mol. The minimum Gasteiger partial charge on any atom is -0.382 e. The van der Waals surface area contributed by atoms with Crippen molar-refractivity contribution < 1.29 is 9.53 Å². The topological polar surface area (TPSA) is 57.2 Å². The molecule has 4 nitrogen and oxygen atoms in total. The van der Waals surface area contributed by atoms with E-state index in [1.54, 1.807) is 0 Å². The van der Waals surface area contributed by atoms with Crippen LogP contribution in [0.15, 0.2) is 24.3 Å². The summed E-state index contributed by atoms with van der Waals surface area (Å²) >= 11 is 6.07. The zero-order valence-electron chi connectivity index (χ0n) is 16.7. The molecule has 2 N–H and O–H groups in total. The second kappa shape index (κ2) is 10.5. The maximum atomic E-state index is 12.3. The number of ether oxygens (including phenoxy) is 1. The standard InChI is InChI=1S/C22H31ClN2O2/c1-4-6-7-9-19-21(17-10-12-18(23)13-11-17)20(22(24)26)16(3)25(19)14-8-15-27-5-2/h10-13H,4-9,14-15H2,1-3H3,(H2,24,26). The van der Waals surface area contributed by atoms with Crippen molar-refractivity contribution in [2.75, 3.05) is 13.2 Å². The summed E-state index contributed by atoms with van der Waals surface area (Å²) in [6, 6.07) is 7.66. The molecular weight excluding hydrogens is 360 g/mol. The fraction of sp³-hybridized carbons (Fsp3) is 0.500. The highest BCUT2D eigenvalue weighted by atomic mass is 35.5. The van der Waals surface area contributed by atoms with E-state index in [0.717, 1.165) is 62.1 Å². The van der Waals surface area contributed by atoms with E-state index in [2.05, 4.69) is 11.5 Å². The first kappa shape index (κ1) is 21.5. The lowest BCUT2D eigenvalue weighted by molar-refractivity contribution is 0.1000. The molecule has 0 aliphatic heterocycles. The van der Waals surface area contributed by atoms with Gasteiger partial charge in [0.05, 0.1) is 5.56 Å². The molecular formula is C22H31ClN2O2. The second-order valence-electron chi connectivity index (χ2n) is 6.81. The zero-order valence-corrected chi connectivity index (χ0v) is 17.4. The molecule has 1 heterocycles. The predicted molar refractivity (Wildman–Crippen MR) is 112 cm³/mol. The Hall–Kier alpha value is -1.78. The number of hydrogen-bond donors (Lipinski definition) is 1. The van der Waals surface area contributed by atoms with Crippen molar-refractivity contribution in [3.8, 4) is 11.1 Å². The van der Waals surface area contributed by atoms with E-state index in [9.17, 15) is 4.79 Å².